The molecule has 14 heavy (non-hydrogen) atoms. The van der Waals surface area contributed by atoms with Gasteiger partial charge in [-0.1, -0.05) is 12.8 Å². The second-order valence-corrected chi connectivity index (χ2v) is 4.41. The number of hydrogen-bond donors (Lipinski definition) is 1. The van der Waals surface area contributed by atoms with Gasteiger partial charge in [-0.3, -0.25) is 0 Å². The van der Waals surface area contributed by atoms with Gasteiger partial charge in [0.15, 0.2) is 0 Å². The zero-order valence-electron chi connectivity index (χ0n) is 8.58. The van der Waals surface area contributed by atoms with E-state index in [-0.39, 0.29) is 12.0 Å². The minimum absolute atomic E-state index is 0.205. The highest BCUT2D eigenvalue weighted by Gasteiger charge is 2.33. The molecule has 0 spiro atoms. The van der Waals surface area contributed by atoms with Crippen molar-refractivity contribution in [3.8, 4) is 0 Å². The summed E-state index contributed by atoms with van der Waals surface area (Å²) >= 11 is 0. The molecule has 0 saturated carbocycles. The second-order valence-electron chi connectivity index (χ2n) is 4.41. The van der Waals surface area contributed by atoms with Gasteiger partial charge in [0.05, 0.1) is 0 Å². The third kappa shape index (κ3) is 4.31. The second kappa shape index (κ2) is 4.51. The molecule has 1 aliphatic heterocycles. The van der Waals surface area contributed by atoms with E-state index in [0.29, 0.717) is 0 Å². The molecule has 0 radical (unpaired) electrons. The van der Waals surface area contributed by atoms with Crippen LogP contribution in [0.2, 0.25) is 0 Å². The molecule has 84 valence electrons. The van der Waals surface area contributed by atoms with Gasteiger partial charge in [0.25, 0.3) is 0 Å². The molecular formula is C10H18F3N. The highest BCUT2D eigenvalue weighted by atomic mass is 19.4. The van der Waals surface area contributed by atoms with E-state index in [1.54, 1.807) is 0 Å². The summed E-state index contributed by atoms with van der Waals surface area (Å²) in [6, 6.07) is 0. The largest absolute Gasteiger partial charge is 0.389 e. The predicted molar refractivity (Wildman–Crippen MR) is 50.2 cm³/mol. The van der Waals surface area contributed by atoms with Crippen LogP contribution in [0.5, 0.6) is 0 Å². The molecule has 0 aliphatic carbocycles. The van der Waals surface area contributed by atoms with Crippen LogP contribution in [0.4, 0.5) is 13.2 Å². The zero-order chi connectivity index (χ0) is 10.7. The summed E-state index contributed by atoms with van der Waals surface area (Å²) in [7, 11) is 0. The molecule has 1 fully saturated rings. The first kappa shape index (κ1) is 11.8. The summed E-state index contributed by atoms with van der Waals surface area (Å²) in [5.74, 6) is 0. The van der Waals surface area contributed by atoms with Crippen molar-refractivity contribution in [2.45, 2.75) is 57.2 Å². The van der Waals surface area contributed by atoms with Crippen LogP contribution in [0.3, 0.4) is 0 Å². The van der Waals surface area contributed by atoms with Crippen molar-refractivity contribution in [3.05, 3.63) is 0 Å². The van der Waals surface area contributed by atoms with E-state index in [0.717, 1.165) is 32.2 Å². The van der Waals surface area contributed by atoms with Crippen LogP contribution in [0, 0.1) is 0 Å². The fourth-order valence-corrected chi connectivity index (χ4v) is 1.93. The highest BCUT2D eigenvalue weighted by Crippen LogP contribution is 2.29. The van der Waals surface area contributed by atoms with Crippen molar-refractivity contribution < 1.29 is 13.2 Å². The minimum Gasteiger partial charge on any atom is -0.312 e. The van der Waals surface area contributed by atoms with E-state index in [1.165, 1.54) is 0 Å². The fourth-order valence-electron chi connectivity index (χ4n) is 1.93. The van der Waals surface area contributed by atoms with Gasteiger partial charge in [-0.05, 0) is 32.7 Å². The molecule has 1 unspecified atom stereocenters. The molecule has 1 aliphatic rings. The first-order valence-electron chi connectivity index (χ1n) is 5.23. The third-order valence-corrected chi connectivity index (χ3v) is 2.92. The lowest BCUT2D eigenvalue weighted by molar-refractivity contribution is -0.138. The van der Waals surface area contributed by atoms with Gasteiger partial charge in [-0.2, -0.15) is 13.2 Å². The smallest absolute Gasteiger partial charge is 0.312 e. The molecule has 1 rings (SSSR count). The molecule has 0 aromatic carbocycles. The topological polar surface area (TPSA) is 12.0 Å². The Kier molecular flexibility index (Phi) is 3.81. The molecule has 1 nitrogen and oxygen atoms in total. The number of halogens is 3. The summed E-state index contributed by atoms with van der Waals surface area (Å²) in [5, 5.41) is 3.23. The SMILES string of the molecule is CC1(CCC(F)(F)F)CCCCCN1. The van der Waals surface area contributed by atoms with Crippen molar-refractivity contribution in [1.82, 2.24) is 5.32 Å². The molecular weight excluding hydrogens is 191 g/mol. The highest BCUT2D eigenvalue weighted by molar-refractivity contribution is 4.85. The molecule has 0 aromatic heterocycles. The van der Waals surface area contributed by atoms with E-state index in [9.17, 15) is 13.2 Å². The molecule has 0 bridgehead atoms. The van der Waals surface area contributed by atoms with Crippen LogP contribution in [0.25, 0.3) is 0 Å². The average Bonchev–Trinajstić information content (AvgIpc) is 2.27. The maximum atomic E-state index is 12.1. The van der Waals surface area contributed by atoms with Gasteiger partial charge in [-0.25, -0.2) is 0 Å². The molecule has 0 aromatic rings. The minimum atomic E-state index is -4.02. The number of nitrogens with one attached hydrogen (secondary N) is 1. The van der Waals surface area contributed by atoms with Gasteiger partial charge in [0.1, 0.15) is 0 Å². The first-order valence-corrected chi connectivity index (χ1v) is 5.23. The van der Waals surface area contributed by atoms with E-state index >= 15 is 0 Å². The van der Waals surface area contributed by atoms with E-state index in [2.05, 4.69) is 5.32 Å². The number of hydrogen-bond acceptors (Lipinski definition) is 1. The third-order valence-electron chi connectivity index (χ3n) is 2.92. The first-order chi connectivity index (χ1) is 6.41. The van der Waals surface area contributed by atoms with Crippen molar-refractivity contribution in [2.75, 3.05) is 6.54 Å². The summed E-state index contributed by atoms with van der Waals surface area (Å²) in [5.41, 5.74) is -0.300. The molecule has 4 heteroatoms. The Labute approximate surface area is 83.1 Å². The summed E-state index contributed by atoms with van der Waals surface area (Å²) in [6.07, 6.45) is -0.357. The quantitative estimate of drug-likeness (QED) is 0.736. The lowest BCUT2D eigenvalue weighted by atomic mass is 9.90. The maximum Gasteiger partial charge on any atom is 0.389 e. The van der Waals surface area contributed by atoms with Crippen molar-refractivity contribution in [3.63, 3.8) is 0 Å². The van der Waals surface area contributed by atoms with Crippen LogP contribution in [-0.4, -0.2) is 18.3 Å². The Morgan fingerprint density at radius 1 is 1.21 bits per heavy atom. The van der Waals surface area contributed by atoms with Crippen molar-refractivity contribution >= 4 is 0 Å². The molecule has 1 atom stereocenters. The van der Waals surface area contributed by atoms with E-state index < -0.39 is 12.6 Å². The monoisotopic (exact) mass is 209 g/mol. The normalized spacial score (nSPS) is 30.0. The Bertz CT molecular complexity index is 169. The average molecular weight is 209 g/mol. The van der Waals surface area contributed by atoms with Crippen LogP contribution >= 0.6 is 0 Å². The van der Waals surface area contributed by atoms with Gasteiger partial charge < -0.3 is 5.32 Å². The maximum absolute atomic E-state index is 12.1. The number of alkyl halides is 3. The van der Waals surface area contributed by atoms with Crippen molar-refractivity contribution in [1.29, 1.82) is 0 Å². The van der Waals surface area contributed by atoms with Crippen LogP contribution < -0.4 is 5.32 Å². The van der Waals surface area contributed by atoms with Crippen LogP contribution in [-0.2, 0) is 0 Å². The summed E-state index contributed by atoms with van der Waals surface area (Å²) < 4.78 is 36.2. The molecule has 1 saturated heterocycles. The number of rotatable bonds is 2. The van der Waals surface area contributed by atoms with E-state index in [4.69, 9.17) is 0 Å². The van der Waals surface area contributed by atoms with Gasteiger partial charge >= 0.3 is 6.18 Å². The zero-order valence-corrected chi connectivity index (χ0v) is 8.58. The molecule has 1 N–H and O–H groups in total. The standard InChI is InChI=1S/C10H18F3N/c1-9(6-7-10(11,12)13)5-3-2-4-8-14-9/h14H,2-8H2,1H3. The Morgan fingerprint density at radius 2 is 1.93 bits per heavy atom. The van der Waals surface area contributed by atoms with Crippen molar-refractivity contribution in [2.24, 2.45) is 0 Å². The lowest BCUT2D eigenvalue weighted by Gasteiger charge is -2.29. The van der Waals surface area contributed by atoms with E-state index in [1.807, 2.05) is 6.92 Å². The summed E-state index contributed by atoms with van der Waals surface area (Å²) in [4.78, 5) is 0. The lowest BCUT2D eigenvalue weighted by Crippen LogP contribution is -2.42. The Balaban J connectivity index is 2.39. The van der Waals surface area contributed by atoms with Crippen LogP contribution in [0.15, 0.2) is 0 Å². The van der Waals surface area contributed by atoms with Crippen LogP contribution in [0.1, 0.15) is 45.4 Å². The van der Waals surface area contributed by atoms with Gasteiger partial charge in [-0.15, -0.1) is 0 Å². The molecule has 0 amide bonds. The molecule has 1 heterocycles. The summed E-state index contributed by atoms with van der Waals surface area (Å²) in [6.45, 7) is 2.76. The van der Waals surface area contributed by atoms with Gasteiger partial charge in [0, 0.05) is 12.0 Å². The Hall–Kier alpha value is -0.250. The predicted octanol–water partition coefficient (Wildman–Crippen LogP) is 3.25. The van der Waals surface area contributed by atoms with Gasteiger partial charge in [0.2, 0.25) is 0 Å². The Morgan fingerprint density at radius 3 is 2.57 bits per heavy atom. The fraction of sp³-hybridized carbons (Fsp3) is 1.00.